The van der Waals surface area contributed by atoms with E-state index >= 15 is 0 Å². The van der Waals surface area contributed by atoms with Gasteiger partial charge < -0.3 is 4.74 Å². The third-order valence-electron chi connectivity index (χ3n) is 3.09. The van der Waals surface area contributed by atoms with Crippen LogP contribution in [0.5, 0.6) is 0 Å². The molecule has 0 bridgehead atoms. The van der Waals surface area contributed by atoms with Crippen LogP contribution in [-0.2, 0) is 9.53 Å². The largest absolute Gasteiger partial charge is 0.458 e. The molecule has 0 fully saturated rings. The molecule has 3 heteroatoms. The Hall–Kier alpha value is -1.64. The van der Waals surface area contributed by atoms with Gasteiger partial charge in [0.05, 0.1) is 5.57 Å². The Morgan fingerprint density at radius 1 is 1.44 bits per heavy atom. The van der Waals surface area contributed by atoms with Crippen LogP contribution in [0, 0.1) is 5.82 Å². The molecule has 96 valence electrons. The van der Waals surface area contributed by atoms with Crippen molar-refractivity contribution in [1.82, 2.24) is 0 Å². The lowest BCUT2D eigenvalue weighted by atomic mass is 9.99. The van der Waals surface area contributed by atoms with Gasteiger partial charge in [-0.3, -0.25) is 0 Å². The second-order valence-corrected chi connectivity index (χ2v) is 4.53. The molecule has 1 heterocycles. The van der Waals surface area contributed by atoms with Gasteiger partial charge in [0, 0.05) is 6.42 Å². The summed E-state index contributed by atoms with van der Waals surface area (Å²) >= 11 is 0. The van der Waals surface area contributed by atoms with Crippen LogP contribution < -0.4 is 0 Å². The summed E-state index contributed by atoms with van der Waals surface area (Å²) in [7, 11) is 0. The third-order valence-corrected chi connectivity index (χ3v) is 3.09. The van der Waals surface area contributed by atoms with E-state index in [1.54, 1.807) is 12.1 Å². The summed E-state index contributed by atoms with van der Waals surface area (Å²) in [5, 5.41) is 0. The second-order valence-electron chi connectivity index (χ2n) is 4.53. The van der Waals surface area contributed by atoms with Gasteiger partial charge >= 0.3 is 5.97 Å². The van der Waals surface area contributed by atoms with Crippen molar-refractivity contribution in [3.05, 3.63) is 41.7 Å². The summed E-state index contributed by atoms with van der Waals surface area (Å²) in [5.41, 5.74) is 1.07. The molecule has 1 aromatic carbocycles. The van der Waals surface area contributed by atoms with Gasteiger partial charge in [-0.25, -0.2) is 9.18 Å². The standard InChI is InChI=1S/C15H17FO2/c1-2-3-7-13-8-9-14(15(17)18-13)11-5-4-6-12(16)10-11/h4-6,9-10,13H,2-3,7-8H2,1H3. The number of cyclic esters (lactones) is 1. The maximum Gasteiger partial charge on any atom is 0.338 e. The first-order valence-corrected chi connectivity index (χ1v) is 6.37. The van der Waals surface area contributed by atoms with Crippen molar-refractivity contribution in [2.45, 2.75) is 38.7 Å². The molecule has 0 saturated heterocycles. The van der Waals surface area contributed by atoms with Gasteiger partial charge in [-0.05, 0) is 24.1 Å². The molecule has 2 rings (SSSR count). The van der Waals surface area contributed by atoms with Crippen molar-refractivity contribution in [3.63, 3.8) is 0 Å². The quantitative estimate of drug-likeness (QED) is 0.759. The van der Waals surface area contributed by atoms with Crippen molar-refractivity contribution in [2.75, 3.05) is 0 Å². The minimum Gasteiger partial charge on any atom is -0.458 e. The first-order chi connectivity index (χ1) is 8.70. The van der Waals surface area contributed by atoms with E-state index in [2.05, 4.69) is 6.92 Å². The molecular formula is C15H17FO2. The predicted octanol–water partition coefficient (Wildman–Crippen LogP) is 3.71. The SMILES string of the molecule is CCCCC1CC=C(c2cccc(F)c2)C(=O)O1. The zero-order valence-electron chi connectivity index (χ0n) is 10.5. The number of carbonyl (C=O) groups is 1. The van der Waals surface area contributed by atoms with Gasteiger partial charge in [-0.2, -0.15) is 0 Å². The average molecular weight is 248 g/mol. The van der Waals surface area contributed by atoms with Crippen LogP contribution in [0.15, 0.2) is 30.3 Å². The third kappa shape index (κ3) is 2.97. The number of hydrogen-bond donors (Lipinski definition) is 0. The van der Waals surface area contributed by atoms with Crippen LogP contribution in [0.1, 0.15) is 38.2 Å². The Balaban J connectivity index is 2.11. The Morgan fingerprint density at radius 3 is 2.94 bits per heavy atom. The molecule has 1 aliphatic rings. The first-order valence-electron chi connectivity index (χ1n) is 6.37. The molecule has 0 radical (unpaired) electrons. The number of hydrogen-bond acceptors (Lipinski definition) is 2. The van der Waals surface area contributed by atoms with Crippen LogP contribution in [-0.4, -0.2) is 12.1 Å². The number of carbonyl (C=O) groups excluding carboxylic acids is 1. The minimum atomic E-state index is -0.340. The highest BCUT2D eigenvalue weighted by Crippen LogP contribution is 2.25. The van der Waals surface area contributed by atoms with Crippen LogP contribution in [0.3, 0.4) is 0 Å². The van der Waals surface area contributed by atoms with Crippen molar-refractivity contribution >= 4 is 11.5 Å². The van der Waals surface area contributed by atoms with Gasteiger partial charge in [-0.15, -0.1) is 0 Å². The van der Waals surface area contributed by atoms with Gasteiger partial charge in [0.2, 0.25) is 0 Å². The van der Waals surface area contributed by atoms with Crippen molar-refractivity contribution in [1.29, 1.82) is 0 Å². The second kappa shape index (κ2) is 5.80. The first kappa shape index (κ1) is 12.8. The topological polar surface area (TPSA) is 26.3 Å². The zero-order chi connectivity index (χ0) is 13.0. The smallest absolute Gasteiger partial charge is 0.338 e. The molecule has 0 N–H and O–H groups in total. The lowest BCUT2D eigenvalue weighted by Crippen LogP contribution is -2.23. The van der Waals surface area contributed by atoms with Crippen LogP contribution >= 0.6 is 0 Å². The molecule has 1 unspecified atom stereocenters. The fraction of sp³-hybridized carbons (Fsp3) is 0.400. The van der Waals surface area contributed by atoms with Crippen molar-refractivity contribution in [2.24, 2.45) is 0 Å². The van der Waals surface area contributed by atoms with E-state index in [1.165, 1.54) is 12.1 Å². The molecule has 0 amide bonds. The van der Waals surface area contributed by atoms with Crippen LogP contribution in [0.4, 0.5) is 4.39 Å². The van der Waals surface area contributed by atoms with E-state index in [-0.39, 0.29) is 17.9 Å². The normalized spacial score (nSPS) is 19.3. The van der Waals surface area contributed by atoms with Crippen LogP contribution in [0.25, 0.3) is 5.57 Å². The highest BCUT2D eigenvalue weighted by atomic mass is 19.1. The van der Waals surface area contributed by atoms with Gasteiger partial charge in [0.25, 0.3) is 0 Å². The highest BCUT2D eigenvalue weighted by Gasteiger charge is 2.23. The number of esters is 1. The average Bonchev–Trinajstić information content (AvgIpc) is 2.36. The van der Waals surface area contributed by atoms with Gasteiger partial charge in [0.1, 0.15) is 11.9 Å². The lowest BCUT2D eigenvalue weighted by Gasteiger charge is -2.22. The summed E-state index contributed by atoms with van der Waals surface area (Å²) in [4.78, 5) is 11.9. The predicted molar refractivity (Wildman–Crippen MR) is 68.4 cm³/mol. The summed E-state index contributed by atoms with van der Waals surface area (Å²) in [6, 6.07) is 6.05. The molecular weight excluding hydrogens is 231 g/mol. The minimum absolute atomic E-state index is 0.0187. The molecule has 18 heavy (non-hydrogen) atoms. The van der Waals surface area contributed by atoms with E-state index in [4.69, 9.17) is 4.74 Å². The summed E-state index contributed by atoms with van der Waals surface area (Å²) in [5.74, 6) is -0.678. The molecule has 1 aliphatic heterocycles. The van der Waals surface area contributed by atoms with E-state index in [0.29, 0.717) is 11.1 Å². The van der Waals surface area contributed by atoms with E-state index in [1.807, 2.05) is 6.08 Å². The molecule has 1 aromatic rings. The van der Waals surface area contributed by atoms with Gasteiger partial charge in [-0.1, -0.05) is 38.0 Å². The monoisotopic (exact) mass is 248 g/mol. The van der Waals surface area contributed by atoms with E-state index in [9.17, 15) is 9.18 Å². The fourth-order valence-corrected chi connectivity index (χ4v) is 2.10. The summed E-state index contributed by atoms with van der Waals surface area (Å²) in [6.45, 7) is 2.11. The molecule has 1 atom stereocenters. The zero-order valence-corrected chi connectivity index (χ0v) is 10.5. The number of halogens is 1. The molecule has 0 aromatic heterocycles. The van der Waals surface area contributed by atoms with E-state index < -0.39 is 0 Å². The van der Waals surface area contributed by atoms with Crippen molar-refractivity contribution < 1.29 is 13.9 Å². The number of rotatable bonds is 4. The van der Waals surface area contributed by atoms with Crippen molar-refractivity contribution in [3.8, 4) is 0 Å². The van der Waals surface area contributed by atoms with Crippen LogP contribution in [0.2, 0.25) is 0 Å². The summed E-state index contributed by atoms with van der Waals surface area (Å²) in [6.07, 6.45) is 5.61. The maximum atomic E-state index is 13.1. The van der Waals surface area contributed by atoms with E-state index in [0.717, 1.165) is 25.7 Å². The molecule has 0 aliphatic carbocycles. The highest BCUT2D eigenvalue weighted by molar-refractivity contribution is 6.17. The number of ether oxygens (including phenoxy) is 1. The summed E-state index contributed by atoms with van der Waals surface area (Å²) < 4.78 is 18.5. The maximum absolute atomic E-state index is 13.1. The molecule has 2 nitrogen and oxygen atoms in total. The Kier molecular flexibility index (Phi) is 4.13. The fourth-order valence-electron chi connectivity index (χ4n) is 2.10. The lowest BCUT2D eigenvalue weighted by molar-refractivity contribution is -0.143. The molecule has 0 spiro atoms. The van der Waals surface area contributed by atoms with Gasteiger partial charge in [0.15, 0.2) is 0 Å². The Bertz CT molecular complexity index is 465. The Labute approximate surface area is 106 Å². The number of unbranched alkanes of at least 4 members (excludes halogenated alkanes) is 1. The number of benzene rings is 1. The molecule has 0 saturated carbocycles. The Morgan fingerprint density at radius 2 is 2.28 bits per heavy atom.